The lowest BCUT2D eigenvalue weighted by Crippen LogP contribution is -2.43. The van der Waals surface area contributed by atoms with Crippen LogP contribution in [0.5, 0.6) is 0 Å². The lowest BCUT2D eigenvalue weighted by molar-refractivity contribution is 0.00660. The fourth-order valence-corrected chi connectivity index (χ4v) is 5.00. The Balaban J connectivity index is 1.38. The number of sulfone groups is 1. The average Bonchev–Trinajstić information content (AvgIpc) is 3.31. The van der Waals surface area contributed by atoms with Crippen molar-refractivity contribution >= 4 is 32.9 Å². The number of anilines is 3. The number of imidazole rings is 1. The molecule has 36 heavy (non-hydrogen) atoms. The van der Waals surface area contributed by atoms with Gasteiger partial charge in [-0.25, -0.2) is 33.3 Å². The molecule has 0 unspecified atom stereocenters. The van der Waals surface area contributed by atoms with E-state index < -0.39 is 15.4 Å². The van der Waals surface area contributed by atoms with Gasteiger partial charge in [-0.3, -0.25) is 4.40 Å². The molecule has 0 aliphatic carbocycles. The number of hydrogen-bond acceptors (Lipinski definition) is 10. The second-order valence-corrected chi connectivity index (χ2v) is 11.0. The molecule has 0 amide bonds. The average molecular weight is 509 g/mol. The number of rotatable bonds is 6. The molecular weight excluding hydrogens is 480 g/mol. The van der Waals surface area contributed by atoms with Crippen LogP contribution in [-0.4, -0.2) is 62.2 Å². The normalized spacial score (nSPS) is 15.8. The second kappa shape index (κ2) is 9.10. The van der Waals surface area contributed by atoms with Gasteiger partial charge in [-0.15, -0.1) is 0 Å². The summed E-state index contributed by atoms with van der Waals surface area (Å²) in [7, 11) is -3.40. The molecular formula is C24H28N8O3S. The number of hydrogen-bond donors (Lipinski definition) is 2. The largest absolute Gasteiger partial charge is 0.383 e. The summed E-state index contributed by atoms with van der Waals surface area (Å²) < 4.78 is 25.4. The monoisotopic (exact) mass is 508 g/mol. The molecule has 0 atom stereocenters. The van der Waals surface area contributed by atoms with Crippen LogP contribution in [0.3, 0.4) is 0 Å². The first-order chi connectivity index (χ1) is 17.2. The minimum absolute atomic E-state index is 0.0140. The molecule has 1 fully saturated rings. The molecule has 1 aliphatic heterocycles. The van der Waals surface area contributed by atoms with Gasteiger partial charge in [0, 0.05) is 44.1 Å². The molecule has 5 heterocycles. The summed E-state index contributed by atoms with van der Waals surface area (Å²) in [4.78, 5) is 24.2. The van der Waals surface area contributed by atoms with Crippen LogP contribution in [0.1, 0.15) is 36.7 Å². The lowest BCUT2D eigenvalue weighted by Gasteiger charge is -2.37. The Bertz CT molecular complexity index is 1510. The summed E-state index contributed by atoms with van der Waals surface area (Å²) in [5.41, 5.74) is 2.41. The molecule has 0 aromatic carbocycles. The fourth-order valence-electron chi connectivity index (χ4n) is 4.38. The van der Waals surface area contributed by atoms with E-state index >= 15 is 0 Å². The molecule has 5 rings (SSSR count). The maximum absolute atomic E-state index is 11.8. The van der Waals surface area contributed by atoms with Crippen LogP contribution in [0, 0.1) is 6.92 Å². The second-order valence-electron chi connectivity index (χ2n) is 9.06. The summed E-state index contributed by atoms with van der Waals surface area (Å²) in [5.74, 6) is 1.15. The number of aliphatic hydroxyl groups is 1. The van der Waals surface area contributed by atoms with Crippen molar-refractivity contribution in [3.05, 3.63) is 60.1 Å². The van der Waals surface area contributed by atoms with E-state index in [0.717, 1.165) is 18.2 Å². The quantitative estimate of drug-likeness (QED) is 0.399. The van der Waals surface area contributed by atoms with E-state index in [9.17, 15) is 13.5 Å². The van der Waals surface area contributed by atoms with E-state index in [1.54, 1.807) is 31.6 Å². The van der Waals surface area contributed by atoms with Gasteiger partial charge in [-0.2, -0.15) is 0 Å². The SMILES string of the molecule is CCc1cnc(N2CCC(O)(c3cnc4c(Nc5ccc(S(C)(=O)=O)nc5C)nccn34)CC2)nc1. The van der Waals surface area contributed by atoms with Crippen LogP contribution in [-0.2, 0) is 21.9 Å². The Morgan fingerprint density at radius 1 is 1.08 bits per heavy atom. The van der Waals surface area contributed by atoms with Crippen LogP contribution in [0.25, 0.3) is 5.65 Å². The molecule has 11 nitrogen and oxygen atoms in total. The third-order valence-electron chi connectivity index (χ3n) is 6.57. The molecule has 0 saturated carbocycles. The first kappa shape index (κ1) is 24.1. The van der Waals surface area contributed by atoms with Gasteiger partial charge in [0.25, 0.3) is 0 Å². The topological polar surface area (TPSA) is 138 Å². The first-order valence-corrected chi connectivity index (χ1v) is 13.6. The van der Waals surface area contributed by atoms with Gasteiger partial charge in [0.15, 0.2) is 26.3 Å². The fraction of sp³-hybridized carbons (Fsp3) is 0.375. The highest BCUT2D eigenvalue weighted by Crippen LogP contribution is 2.35. The van der Waals surface area contributed by atoms with Gasteiger partial charge in [-0.1, -0.05) is 6.92 Å². The van der Waals surface area contributed by atoms with Crippen molar-refractivity contribution in [2.24, 2.45) is 0 Å². The summed E-state index contributed by atoms with van der Waals surface area (Å²) >= 11 is 0. The van der Waals surface area contributed by atoms with Crippen LogP contribution in [0.4, 0.5) is 17.5 Å². The minimum Gasteiger partial charge on any atom is -0.383 e. The Labute approximate surface area is 209 Å². The highest BCUT2D eigenvalue weighted by Gasteiger charge is 2.37. The summed E-state index contributed by atoms with van der Waals surface area (Å²) in [6.45, 7) is 5.02. The molecule has 12 heteroatoms. The number of nitrogens with zero attached hydrogens (tertiary/aromatic N) is 7. The number of aryl methyl sites for hydroxylation is 2. The molecule has 0 bridgehead atoms. The zero-order valence-corrected chi connectivity index (χ0v) is 21.2. The summed E-state index contributed by atoms with van der Waals surface area (Å²) in [6, 6.07) is 3.12. The zero-order valence-electron chi connectivity index (χ0n) is 20.4. The Hall–Kier alpha value is -3.64. The Morgan fingerprint density at radius 2 is 1.81 bits per heavy atom. The predicted octanol–water partition coefficient (Wildman–Crippen LogP) is 2.42. The highest BCUT2D eigenvalue weighted by molar-refractivity contribution is 7.90. The van der Waals surface area contributed by atoms with Gasteiger partial charge in [0.2, 0.25) is 5.95 Å². The van der Waals surface area contributed by atoms with E-state index in [1.165, 1.54) is 6.07 Å². The highest BCUT2D eigenvalue weighted by atomic mass is 32.2. The van der Waals surface area contributed by atoms with Crippen molar-refractivity contribution in [3.63, 3.8) is 0 Å². The van der Waals surface area contributed by atoms with Crippen molar-refractivity contribution in [1.82, 2.24) is 29.3 Å². The Kier molecular flexibility index (Phi) is 6.08. The van der Waals surface area contributed by atoms with Crippen molar-refractivity contribution in [3.8, 4) is 0 Å². The molecule has 1 saturated heterocycles. The number of aromatic nitrogens is 6. The molecule has 4 aromatic heterocycles. The third-order valence-corrected chi connectivity index (χ3v) is 7.56. The molecule has 4 aromatic rings. The van der Waals surface area contributed by atoms with Crippen LogP contribution >= 0.6 is 0 Å². The summed E-state index contributed by atoms with van der Waals surface area (Å²) in [5, 5.41) is 14.8. The zero-order chi connectivity index (χ0) is 25.5. The molecule has 0 radical (unpaired) electrons. The number of nitrogens with one attached hydrogen (secondary N) is 1. The van der Waals surface area contributed by atoms with Gasteiger partial charge in [0.05, 0.1) is 23.3 Å². The van der Waals surface area contributed by atoms with E-state index in [4.69, 9.17) is 0 Å². The predicted molar refractivity (Wildman–Crippen MR) is 135 cm³/mol. The number of pyridine rings is 1. The smallest absolute Gasteiger partial charge is 0.225 e. The van der Waals surface area contributed by atoms with Crippen molar-refractivity contribution in [2.45, 2.75) is 43.7 Å². The van der Waals surface area contributed by atoms with Crippen LogP contribution in [0.2, 0.25) is 0 Å². The van der Waals surface area contributed by atoms with Crippen molar-refractivity contribution in [1.29, 1.82) is 0 Å². The van der Waals surface area contributed by atoms with Gasteiger partial charge < -0.3 is 15.3 Å². The van der Waals surface area contributed by atoms with E-state index in [1.807, 2.05) is 16.8 Å². The molecule has 188 valence electrons. The van der Waals surface area contributed by atoms with Gasteiger partial charge in [-0.05, 0) is 43.9 Å². The van der Waals surface area contributed by atoms with Crippen LogP contribution < -0.4 is 10.2 Å². The minimum atomic E-state index is -3.40. The maximum atomic E-state index is 11.8. The molecule has 1 aliphatic rings. The first-order valence-electron chi connectivity index (χ1n) is 11.7. The van der Waals surface area contributed by atoms with E-state index in [0.29, 0.717) is 60.4 Å². The molecule has 0 spiro atoms. The van der Waals surface area contributed by atoms with Crippen molar-refractivity contribution in [2.75, 3.05) is 29.6 Å². The summed E-state index contributed by atoms with van der Waals surface area (Å²) in [6.07, 6.45) is 11.8. The van der Waals surface area contributed by atoms with Gasteiger partial charge >= 0.3 is 0 Å². The van der Waals surface area contributed by atoms with Gasteiger partial charge in [0.1, 0.15) is 5.60 Å². The van der Waals surface area contributed by atoms with Crippen LogP contribution in [0.15, 0.2) is 48.1 Å². The third kappa shape index (κ3) is 4.49. The van der Waals surface area contributed by atoms with Crippen molar-refractivity contribution < 1.29 is 13.5 Å². The Morgan fingerprint density at radius 3 is 2.44 bits per heavy atom. The number of fused-ring (bicyclic) bond motifs is 1. The van der Waals surface area contributed by atoms with E-state index in [-0.39, 0.29) is 5.03 Å². The van der Waals surface area contributed by atoms with E-state index in [2.05, 4.69) is 42.1 Å². The maximum Gasteiger partial charge on any atom is 0.225 e. The lowest BCUT2D eigenvalue weighted by atomic mass is 9.88. The number of piperidine rings is 1. The molecule has 2 N–H and O–H groups in total. The standard InChI is InChI=1S/C24H28N8O3S/c1-4-17-13-27-23(28-14-17)31-10-7-24(33,8-11-31)19-15-26-22-21(25-9-12-32(19)22)30-18-5-6-20(29-16(18)2)36(3,34)35/h5-6,9,12-15,33H,4,7-8,10-11H2,1-3H3,(H,25,30).